The number of alkyl halides is 3. The second-order valence-electron chi connectivity index (χ2n) is 8.42. The third-order valence-electron chi connectivity index (χ3n) is 6.19. The van der Waals surface area contributed by atoms with E-state index in [1.165, 1.54) is 5.57 Å². The predicted molar refractivity (Wildman–Crippen MR) is 114 cm³/mol. The smallest absolute Gasteiger partial charge is 0.343 e. The highest BCUT2D eigenvalue weighted by molar-refractivity contribution is 5.88. The van der Waals surface area contributed by atoms with Crippen LogP contribution in [0.5, 0.6) is 0 Å². The molecule has 2 N–H and O–H groups in total. The fraction of sp³-hybridized carbons (Fsp3) is 0.391. The van der Waals surface area contributed by atoms with Crippen molar-refractivity contribution in [3.8, 4) is 11.1 Å². The topological polar surface area (TPSA) is 56.8 Å². The van der Waals surface area contributed by atoms with Gasteiger partial charge in [0.1, 0.15) is 5.82 Å². The second kappa shape index (κ2) is 8.00. The first-order chi connectivity index (χ1) is 15.0. The van der Waals surface area contributed by atoms with Crippen molar-refractivity contribution in [1.29, 1.82) is 0 Å². The van der Waals surface area contributed by atoms with Crippen LogP contribution in [0.25, 0.3) is 21.9 Å². The predicted octanol–water partition coefficient (Wildman–Crippen LogP) is 5.36. The van der Waals surface area contributed by atoms with Crippen molar-refractivity contribution in [1.82, 2.24) is 20.1 Å². The maximum atomic E-state index is 12.9. The molecular weight excluding hydrogens is 403 g/mol. The summed E-state index contributed by atoms with van der Waals surface area (Å²) in [5.41, 5.74) is 4.53. The number of aromatic nitrogens is 3. The van der Waals surface area contributed by atoms with Crippen molar-refractivity contribution < 1.29 is 13.2 Å². The molecule has 162 valence electrons. The maximum absolute atomic E-state index is 12.9. The quantitative estimate of drug-likeness (QED) is 0.576. The summed E-state index contributed by atoms with van der Waals surface area (Å²) < 4.78 is 38.8. The largest absolute Gasteiger partial charge is 0.391 e. The van der Waals surface area contributed by atoms with Gasteiger partial charge < -0.3 is 5.32 Å². The van der Waals surface area contributed by atoms with Crippen LogP contribution in [0, 0.1) is 5.92 Å². The number of fused-ring (bicyclic) bond motifs is 1. The molecule has 0 spiro atoms. The highest BCUT2D eigenvalue weighted by Crippen LogP contribution is 2.36. The summed E-state index contributed by atoms with van der Waals surface area (Å²) in [6.45, 7) is 1.60. The first kappa shape index (κ1) is 20.1. The first-order valence-corrected chi connectivity index (χ1v) is 10.6. The van der Waals surface area contributed by atoms with Crippen molar-refractivity contribution in [2.75, 3.05) is 25.0 Å². The summed E-state index contributed by atoms with van der Waals surface area (Å²) in [4.78, 5) is 6.67. The van der Waals surface area contributed by atoms with Crippen LogP contribution in [0.15, 0.2) is 54.1 Å². The highest BCUT2D eigenvalue weighted by Gasteiger charge is 2.41. The SMILES string of the molecule is FC(F)(F)C1CCN(CC(Nc2cc3cc(-c4cn[nH]c4)ccc3cn2)=C2CC2)CC1. The summed E-state index contributed by atoms with van der Waals surface area (Å²) in [5.74, 6) is -0.406. The minimum atomic E-state index is -4.08. The molecule has 2 aromatic heterocycles. The molecule has 1 aromatic carbocycles. The standard InChI is InChI=1S/C23H24F3N5/c24-23(25,26)20-5-7-31(8-6-20)14-21(15-1-2-15)30-22-10-18-9-16(19-12-28-29-13-19)3-4-17(18)11-27-22/h3-4,9-13,20H,1-2,5-8,14H2,(H,27,30)(H,28,29). The Kier molecular flexibility index (Phi) is 5.17. The van der Waals surface area contributed by atoms with E-state index in [1.54, 1.807) is 6.20 Å². The van der Waals surface area contributed by atoms with Gasteiger partial charge in [0.05, 0.1) is 12.1 Å². The van der Waals surface area contributed by atoms with Crippen molar-refractivity contribution in [3.05, 3.63) is 54.1 Å². The van der Waals surface area contributed by atoms with E-state index >= 15 is 0 Å². The van der Waals surface area contributed by atoms with E-state index in [1.807, 2.05) is 30.6 Å². The lowest BCUT2D eigenvalue weighted by molar-refractivity contribution is -0.184. The zero-order valence-electron chi connectivity index (χ0n) is 17.0. The molecule has 0 radical (unpaired) electrons. The van der Waals surface area contributed by atoms with Crippen LogP contribution >= 0.6 is 0 Å². The number of H-pyrrole nitrogens is 1. The van der Waals surface area contributed by atoms with E-state index in [9.17, 15) is 13.2 Å². The molecule has 5 nitrogen and oxygen atoms in total. The highest BCUT2D eigenvalue weighted by atomic mass is 19.4. The second-order valence-corrected chi connectivity index (χ2v) is 8.42. The van der Waals surface area contributed by atoms with Gasteiger partial charge in [-0.2, -0.15) is 18.3 Å². The number of piperidine rings is 1. The van der Waals surface area contributed by atoms with Crippen LogP contribution in [-0.4, -0.2) is 45.9 Å². The molecule has 0 atom stereocenters. The number of pyridine rings is 1. The van der Waals surface area contributed by atoms with Crippen molar-refractivity contribution >= 4 is 16.6 Å². The molecule has 3 aromatic rings. The zero-order valence-corrected chi connectivity index (χ0v) is 17.0. The average Bonchev–Trinajstić information content (AvgIpc) is 3.46. The Balaban J connectivity index is 1.30. The lowest BCUT2D eigenvalue weighted by Gasteiger charge is -2.33. The first-order valence-electron chi connectivity index (χ1n) is 10.6. The van der Waals surface area contributed by atoms with Gasteiger partial charge in [0.25, 0.3) is 0 Å². The lowest BCUT2D eigenvalue weighted by atomic mass is 9.96. The number of likely N-dealkylation sites (tertiary alicyclic amines) is 1. The summed E-state index contributed by atoms with van der Waals surface area (Å²) >= 11 is 0. The van der Waals surface area contributed by atoms with Gasteiger partial charge in [-0.1, -0.05) is 12.1 Å². The average molecular weight is 427 g/mol. The van der Waals surface area contributed by atoms with E-state index in [4.69, 9.17) is 0 Å². The normalized spacial score (nSPS) is 17.8. The molecule has 1 saturated heterocycles. The van der Waals surface area contributed by atoms with Crippen molar-refractivity contribution in [2.45, 2.75) is 31.9 Å². The Morgan fingerprint density at radius 1 is 1.06 bits per heavy atom. The Hall–Kier alpha value is -2.87. The molecule has 8 heteroatoms. The monoisotopic (exact) mass is 427 g/mol. The van der Waals surface area contributed by atoms with Gasteiger partial charge in [-0.25, -0.2) is 4.98 Å². The molecule has 0 amide bonds. The zero-order chi connectivity index (χ0) is 21.4. The molecule has 1 aliphatic carbocycles. The minimum absolute atomic E-state index is 0.178. The van der Waals surface area contributed by atoms with Crippen LogP contribution in [0.2, 0.25) is 0 Å². The minimum Gasteiger partial charge on any atom is -0.343 e. The molecule has 0 unspecified atom stereocenters. The number of hydrogen-bond acceptors (Lipinski definition) is 4. The molecular formula is C23H24F3N5. The van der Waals surface area contributed by atoms with Crippen LogP contribution in [0.1, 0.15) is 25.7 Å². The van der Waals surface area contributed by atoms with Gasteiger partial charge >= 0.3 is 6.18 Å². The molecule has 5 rings (SSSR count). The van der Waals surface area contributed by atoms with Gasteiger partial charge in [-0.3, -0.25) is 10.00 Å². The number of halogens is 3. The third kappa shape index (κ3) is 4.58. The van der Waals surface area contributed by atoms with E-state index in [0.717, 1.165) is 46.3 Å². The third-order valence-corrected chi connectivity index (χ3v) is 6.19. The van der Waals surface area contributed by atoms with E-state index < -0.39 is 12.1 Å². The van der Waals surface area contributed by atoms with Gasteiger partial charge in [0, 0.05) is 35.6 Å². The number of anilines is 1. The molecule has 1 aliphatic heterocycles. The Morgan fingerprint density at radius 2 is 1.87 bits per heavy atom. The Labute approximate surface area is 178 Å². The number of benzene rings is 1. The van der Waals surface area contributed by atoms with Crippen molar-refractivity contribution in [3.63, 3.8) is 0 Å². The number of aromatic amines is 1. The fourth-order valence-electron chi connectivity index (χ4n) is 4.20. The lowest BCUT2D eigenvalue weighted by Crippen LogP contribution is -2.40. The molecule has 1 saturated carbocycles. The molecule has 3 heterocycles. The number of rotatable bonds is 5. The van der Waals surface area contributed by atoms with E-state index in [2.05, 4.69) is 31.5 Å². The van der Waals surface area contributed by atoms with Crippen LogP contribution in [0.4, 0.5) is 19.0 Å². The number of hydrogen-bond donors (Lipinski definition) is 2. The van der Waals surface area contributed by atoms with Gasteiger partial charge in [0.15, 0.2) is 0 Å². The molecule has 2 fully saturated rings. The van der Waals surface area contributed by atoms with E-state index in [-0.39, 0.29) is 12.8 Å². The Morgan fingerprint density at radius 3 is 2.55 bits per heavy atom. The van der Waals surface area contributed by atoms with Crippen molar-refractivity contribution in [2.24, 2.45) is 5.92 Å². The summed E-state index contributed by atoms with van der Waals surface area (Å²) in [5, 5.41) is 12.4. The number of nitrogens with one attached hydrogen (secondary N) is 2. The van der Waals surface area contributed by atoms with Crippen LogP contribution in [-0.2, 0) is 0 Å². The van der Waals surface area contributed by atoms with Crippen LogP contribution < -0.4 is 5.32 Å². The summed E-state index contributed by atoms with van der Waals surface area (Å²) in [6.07, 6.45) is 3.86. The molecule has 2 aliphatic rings. The maximum Gasteiger partial charge on any atom is 0.391 e. The fourth-order valence-corrected chi connectivity index (χ4v) is 4.20. The van der Waals surface area contributed by atoms with Gasteiger partial charge in [0.2, 0.25) is 0 Å². The summed E-state index contributed by atoms with van der Waals surface area (Å²) in [7, 11) is 0. The molecule has 31 heavy (non-hydrogen) atoms. The summed E-state index contributed by atoms with van der Waals surface area (Å²) in [6, 6.07) is 8.22. The molecule has 0 bridgehead atoms. The number of allylic oxidation sites excluding steroid dienone is 1. The number of nitrogens with zero attached hydrogens (tertiary/aromatic N) is 3. The van der Waals surface area contributed by atoms with Crippen LogP contribution in [0.3, 0.4) is 0 Å². The van der Waals surface area contributed by atoms with Gasteiger partial charge in [-0.05, 0) is 67.4 Å². The van der Waals surface area contributed by atoms with Gasteiger partial charge in [-0.15, -0.1) is 0 Å². The Bertz CT molecular complexity index is 1090. The van der Waals surface area contributed by atoms with E-state index in [0.29, 0.717) is 19.6 Å².